The highest BCUT2D eigenvalue weighted by molar-refractivity contribution is 7.92. The summed E-state index contributed by atoms with van der Waals surface area (Å²) in [6, 6.07) is 11.2. The molecule has 2 aromatic rings. The molecule has 2 atom stereocenters. The Morgan fingerprint density at radius 3 is 2.72 bits per heavy atom. The summed E-state index contributed by atoms with van der Waals surface area (Å²) in [5, 5.41) is 6.92. The third-order valence-corrected chi connectivity index (χ3v) is 6.71. The van der Waals surface area contributed by atoms with E-state index < -0.39 is 10.0 Å². The van der Waals surface area contributed by atoms with Crippen molar-refractivity contribution in [2.45, 2.75) is 31.2 Å². The summed E-state index contributed by atoms with van der Waals surface area (Å²) in [6.45, 7) is 5.91. The van der Waals surface area contributed by atoms with Crippen LogP contribution in [0.4, 0.5) is 11.4 Å². The fraction of sp³-hybridized carbons (Fsp3) is 0.368. The average Bonchev–Trinajstić information content (AvgIpc) is 3.06. The van der Waals surface area contributed by atoms with Crippen molar-refractivity contribution >= 4 is 21.4 Å². The van der Waals surface area contributed by atoms with Gasteiger partial charge in [0, 0.05) is 24.0 Å². The molecule has 2 aliphatic heterocycles. The number of rotatable bonds is 3. The summed E-state index contributed by atoms with van der Waals surface area (Å²) >= 11 is 0. The fourth-order valence-electron chi connectivity index (χ4n) is 3.73. The zero-order chi connectivity index (χ0) is 17.6. The van der Waals surface area contributed by atoms with Gasteiger partial charge in [-0.25, -0.2) is 8.42 Å². The van der Waals surface area contributed by atoms with Crippen molar-refractivity contribution < 1.29 is 8.42 Å². The molecule has 0 aliphatic carbocycles. The third-order valence-electron chi connectivity index (χ3n) is 5.33. The number of fused-ring (bicyclic) bond motifs is 3. The van der Waals surface area contributed by atoms with Crippen molar-refractivity contribution in [1.82, 2.24) is 5.32 Å². The lowest BCUT2D eigenvalue weighted by molar-refractivity contribution is 0.469. The smallest absolute Gasteiger partial charge is 0.261 e. The number of anilines is 2. The van der Waals surface area contributed by atoms with E-state index in [0.717, 1.165) is 41.9 Å². The van der Waals surface area contributed by atoms with Crippen LogP contribution in [0.1, 0.15) is 29.2 Å². The molecule has 0 saturated carbocycles. The first-order valence-electron chi connectivity index (χ1n) is 8.65. The Labute approximate surface area is 148 Å². The number of hydrogen-bond donors (Lipinski definition) is 3. The zero-order valence-corrected chi connectivity index (χ0v) is 15.3. The number of sulfonamides is 1. The van der Waals surface area contributed by atoms with Crippen LogP contribution in [0, 0.1) is 19.8 Å². The molecule has 6 heteroatoms. The second-order valence-corrected chi connectivity index (χ2v) is 8.70. The molecule has 2 aromatic carbocycles. The molecule has 2 heterocycles. The zero-order valence-electron chi connectivity index (χ0n) is 14.5. The van der Waals surface area contributed by atoms with Crippen molar-refractivity contribution in [3.63, 3.8) is 0 Å². The molecule has 132 valence electrons. The van der Waals surface area contributed by atoms with E-state index in [0.29, 0.717) is 16.5 Å². The first-order chi connectivity index (χ1) is 11.9. The van der Waals surface area contributed by atoms with E-state index >= 15 is 0 Å². The average molecular weight is 357 g/mol. The van der Waals surface area contributed by atoms with Gasteiger partial charge in [0.25, 0.3) is 10.0 Å². The van der Waals surface area contributed by atoms with E-state index in [1.54, 1.807) is 18.2 Å². The molecular formula is C19H23N3O2S. The predicted octanol–water partition coefficient (Wildman–Crippen LogP) is 3.18. The van der Waals surface area contributed by atoms with Crippen LogP contribution in [0.15, 0.2) is 41.3 Å². The molecule has 25 heavy (non-hydrogen) atoms. The summed E-state index contributed by atoms with van der Waals surface area (Å²) in [5.41, 5.74) is 4.88. The minimum Gasteiger partial charge on any atom is -0.384 e. The van der Waals surface area contributed by atoms with Crippen LogP contribution < -0.4 is 15.4 Å². The lowest BCUT2D eigenvalue weighted by atomic mass is 9.89. The molecule has 0 radical (unpaired) electrons. The van der Waals surface area contributed by atoms with E-state index in [1.165, 1.54) is 0 Å². The van der Waals surface area contributed by atoms with Crippen molar-refractivity contribution in [1.29, 1.82) is 0 Å². The van der Waals surface area contributed by atoms with E-state index in [9.17, 15) is 8.42 Å². The molecule has 0 bridgehead atoms. The maximum absolute atomic E-state index is 12.8. The maximum Gasteiger partial charge on any atom is 0.261 e. The first-order valence-corrected chi connectivity index (χ1v) is 10.1. The highest BCUT2D eigenvalue weighted by Gasteiger charge is 2.33. The van der Waals surface area contributed by atoms with Crippen molar-refractivity contribution in [2.75, 3.05) is 23.1 Å². The summed E-state index contributed by atoms with van der Waals surface area (Å²) in [7, 11) is -3.61. The van der Waals surface area contributed by atoms with Gasteiger partial charge >= 0.3 is 0 Å². The van der Waals surface area contributed by atoms with Gasteiger partial charge in [-0.3, -0.25) is 4.72 Å². The molecule has 3 N–H and O–H groups in total. The van der Waals surface area contributed by atoms with Gasteiger partial charge in [-0.1, -0.05) is 6.07 Å². The number of nitrogens with one attached hydrogen (secondary N) is 3. The van der Waals surface area contributed by atoms with Crippen LogP contribution in [0.25, 0.3) is 0 Å². The van der Waals surface area contributed by atoms with E-state index in [2.05, 4.69) is 15.4 Å². The topological polar surface area (TPSA) is 70.2 Å². The molecule has 5 nitrogen and oxygen atoms in total. The second-order valence-electron chi connectivity index (χ2n) is 7.02. The second kappa shape index (κ2) is 6.04. The van der Waals surface area contributed by atoms with Gasteiger partial charge in [0.2, 0.25) is 0 Å². The Balaban J connectivity index is 1.66. The van der Waals surface area contributed by atoms with Gasteiger partial charge in [0.1, 0.15) is 0 Å². The Bertz CT molecular complexity index is 924. The third kappa shape index (κ3) is 3.00. The fourth-order valence-corrected chi connectivity index (χ4v) is 4.81. The minimum atomic E-state index is -3.61. The summed E-state index contributed by atoms with van der Waals surface area (Å²) in [4.78, 5) is 0.306. The standard InChI is InChI=1S/C19H23N3O2S/c1-12-3-4-15(9-13(12)2)22-25(23,24)16-5-6-18-17(10-16)19-14(11-21-18)7-8-20-19/h3-6,9-10,14,19-22H,7-8,11H2,1-2H3/t14-,19-/m0/s1. The molecule has 4 rings (SSSR count). The Morgan fingerprint density at radius 2 is 1.92 bits per heavy atom. The molecule has 0 unspecified atom stereocenters. The quantitative estimate of drug-likeness (QED) is 0.789. The lowest BCUT2D eigenvalue weighted by Gasteiger charge is -2.29. The monoisotopic (exact) mass is 357 g/mol. The molecule has 2 aliphatic rings. The van der Waals surface area contributed by atoms with Gasteiger partial charge in [-0.05, 0) is 79.8 Å². The normalized spacial score (nSPS) is 22.0. The Hall–Kier alpha value is -2.05. The summed E-state index contributed by atoms with van der Waals surface area (Å²) in [6.07, 6.45) is 1.12. The number of aryl methyl sites for hydroxylation is 2. The largest absolute Gasteiger partial charge is 0.384 e. The summed E-state index contributed by atoms with van der Waals surface area (Å²) < 4.78 is 28.3. The van der Waals surface area contributed by atoms with Gasteiger partial charge < -0.3 is 10.6 Å². The lowest BCUT2D eigenvalue weighted by Crippen LogP contribution is -2.29. The minimum absolute atomic E-state index is 0.244. The molecular weight excluding hydrogens is 334 g/mol. The maximum atomic E-state index is 12.8. The van der Waals surface area contributed by atoms with E-state index in [-0.39, 0.29) is 6.04 Å². The van der Waals surface area contributed by atoms with E-state index in [4.69, 9.17) is 0 Å². The summed E-state index contributed by atoms with van der Waals surface area (Å²) in [5.74, 6) is 0.526. The molecule has 1 fully saturated rings. The van der Waals surface area contributed by atoms with Crippen LogP contribution in [0.3, 0.4) is 0 Å². The first kappa shape index (κ1) is 16.4. The van der Waals surface area contributed by atoms with Gasteiger partial charge in [0.15, 0.2) is 0 Å². The van der Waals surface area contributed by atoms with Gasteiger partial charge in [0.05, 0.1) is 4.90 Å². The Kier molecular flexibility index (Phi) is 3.96. The molecule has 0 aromatic heterocycles. The van der Waals surface area contributed by atoms with Crippen LogP contribution in [0.2, 0.25) is 0 Å². The highest BCUT2D eigenvalue weighted by atomic mass is 32.2. The molecule has 0 amide bonds. The number of benzene rings is 2. The highest BCUT2D eigenvalue weighted by Crippen LogP contribution is 2.39. The van der Waals surface area contributed by atoms with Crippen LogP contribution in [-0.4, -0.2) is 21.5 Å². The Morgan fingerprint density at radius 1 is 1.08 bits per heavy atom. The SMILES string of the molecule is Cc1ccc(NS(=O)(=O)c2ccc3c(c2)[C@H]2NCC[C@H]2CN3)cc1C. The van der Waals surface area contributed by atoms with E-state index in [1.807, 2.05) is 32.0 Å². The van der Waals surface area contributed by atoms with Crippen molar-refractivity contribution in [3.05, 3.63) is 53.1 Å². The van der Waals surface area contributed by atoms with Crippen molar-refractivity contribution in [2.24, 2.45) is 5.92 Å². The van der Waals surface area contributed by atoms with Crippen LogP contribution in [-0.2, 0) is 10.0 Å². The predicted molar refractivity (Wildman–Crippen MR) is 101 cm³/mol. The van der Waals surface area contributed by atoms with Gasteiger partial charge in [-0.15, -0.1) is 0 Å². The molecule has 1 saturated heterocycles. The van der Waals surface area contributed by atoms with Crippen LogP contribution in [0.5, 0.6) is 0 Å². The van der Waals surface area contributed by atoms with Crippen molar-refractivity contribution in [3.8, 4) is 0 Å². The molecule has 0 spiro atoms. The number of hydrogen-bond acceptors (Lipinski definition) is 4. The van der Waals surface area contributed by atoms with Crippen LogP contribution >= 0.6 is 0 Å². The van der Waals surface area contributed by atoms with Gasteiger partial charge in [-0.2, -0.15) is 0 Å².